The first-order chi connectivity index (χ1) is 11.6. The van der Waals surface area contributed by atoms with Crippen molar-refractivity contribution in [3.05, 3.63) is 65.4 Å². The van der Waals surface area contributed by atoms with E-state index in [9.17, 15) is 0 Å². The molecular formula is C21H26N2O. The Morgan fingerprint density at radius 3 is 2.50 bits per heavy atom. The number of aryl methyl sites for hydroxylation is 2. The minimum absolute atomic E-state index is 0.598. The molecule has 0 N–H and O–H groups in total. The van der Waals surface area contributed by atoms with Gasteiger partial charge in [-0.25, -0.2) is 0 Å². The molecule has 0 aliphatic rings. The van der Waals surface area contributed by atoms with E-state index in [1.807, 2.05) is 6.07 Å². The summed E-state index contributed by atoms with van der Waals surface area (Å²) >= 11 is 0. The van der Waals surface area contributed by atoms with Crippen LogP contribution in [0, 0.1) is 6.92 Å². The first-order valence-electron chi connectivity index (χ1n) is 8.45. The van der Waals surface area contributed by atoms with Gasteiger partial charge in [-0.3, -0.25) is 0 Å². The summed E-state index contributed by atoms with van der Waals surface area (Å²) < 4.78 is 8.42. The number of nitrogens with zero attached hydrogens (tertiary/aromatic N) is 2. The molecule has 0 amide bonds. The molecule has 0 radical (unpaired) electrons. The predicted molar refractivity (Wildman–Crippen MR) is 101 cm³/mol. The molecule has 24 heavy (non-hydrogen) atoms. The zero-order chi connectivity index (χ0) is 17.1. The molecule has 0 saturated heterocycles. The van der Waals surface area contributed by atoms with E-state index in [0.29, 0.717) is 6.61 Å². The van der Waals surface area contributed by atoms with Crippen molar-refractivity contribution in [2.75, 3.05) is 20.6 Å². The predicted octanol–water partition coefficient (Wildman–Crippen LogP) is 4.17. The maximum absolute atomic E-state index is 6.19. The number of ether oxygens (including phenoxy) is 1. The molecule has 3 heteroatoms. The van der Waals surface area contributed by atoms with Gasteiger partial charge in [0.2, 0.25) is 0 Å². The number of fused-ring (bicyclic) bond motifs is 1. The summed E-state index contributed by atoms with van der Waals surface area (Å²) in [7, 11) is 6.35. The third-order valence-electron chi connectivity index (χ3n) is 4.43. The third-order valence-corrected chi connectivity index (χ3v) is 4.43. The fourth-order valence-corrected chi connectivity index (χ4v) is 3.19. The van der Waals surface area contributed by atoms with Crippen LogP contribution in [0.3, 0.4) is 0 Å². The molecule has 1 aromatic heterocycles. The molecule has 0 bridgehead atoms. The number of aromatic nitrogens is 1. The molecule has 0 spiro atoms. The molecule has 3 rings (SSSR count). The Morgan fingerprint density at radius 2 is 1.79 bits per heavy atom. The van der Waals surface area contributed by atoms with Crippen molar-refractivity contribution >= 4 is 10.9 Å². The molecule has 0 fully saturated rings. The lowest BCUT2D eigenvalue weighted by molar-refractivity contribution is 0.310. The fourth-order valence-electron chi connectivity index (χ4n) is 3.19. The van der Waals surface area contributed by atoms with Crippen LogP contribution in [0.2, 0.25) is 0 Å². The van der Waals surface area contributed by atoms with Gasteiger partial charge in [0, 0.05) is 25.2 Å². The smallest absolute Gasteiger partial charge is 0.129 e. The van der Waals surface area contributed by atoms with E-state index in [4.69, 9.17) is 4.74 Å². The second-order valence-corrected chi connectivity index (χ2v) is 6.70. The van der Waals surface area contributed by atoms with Gasteiger partial charge in [0.15, 0.2) is 0 Å². The number of likely N-dealkylation sites (N-methyl/N-ethyl adjacent to an activating group) is 1. The Balaban J connectivity index is 1.96. The highest BCUT2D eigenvalue weighted by molar-refractivity contribution is 5.92. The molecular weight excluding hydrogens is 296 g/mol. The lowest BCUT2D eigenvalue weighted by Gasteiger charge is -2.12. The summed E-state index contributed by atoms with van der Waals surface area (Å²) in [6, 6.07) is 14.6. The van der Waals surface area contributed by atoms with Crippen molar-refractivity contribution in [3.63, 3.8) is 0 Å². The first-order valence-corrected chi connectivity index (χ1v) is 8.45. The van der Waals surface area contributed by atoms with E-state index in [0.717, 1.165) is 18.7 Å². The van der Waals surface area contributed by atoms with Crippen LogP contribution >= 0.6 is 0 Å². The van der Waals surface area contributed by atoms with Crippen LogP contribution in [-0.4, -0.2) is 30.1 Å². The standard InChI is InChI=1S/C21H26N2O/c1-16-10-11-19(24-15-17-8-6-5-7-9-17)20-18(12-13-22(2)3)14-23(4)21(16)20/h5-11,14H,12-13,15H2,1-4H3. The van der Waals surface area contributed by atoms with Crippen molar-refractivity contribution in [2.45, 2.75) is 20.0 Å². The molecule has 0 atom stereocenters. The van der Waals surface area contributed by atoms with Crippen LogP contribution in [0.4, 0.5) is 0 Å². The lowest BCUT2D eigenvalue weighted by atomic mass is 10.1. The molecule has 2 aromatic carbocycles. The van der Waals surface area contributed by atoms with Gasteiger partial charge in [0.05, 0.1) is 5.52 Å². The Bertz CT molecular complexity index is 819. The van der Waals surface area contributed by atoms with E-state index in [1.165, 1.54) is 27.6 Å². The van der Waals surface area contributed by atoms with E-state index in [2.05, 4.69) is 80.1 Å². The van der Waals surface area contributed by atoms with E-state index in [1.54, 1.807) is 0 Å². The average Bonchev–Trinajstić information content (AvgIpc) is 2.91. The zero-order valence-electron chi connectivity index (χ0n) is 15.0. The van der Waals surface area contributed by atoms with Crippen LogP contribution in [0.15, 0.2) is 48.7 Å². The minimum Gasteiger partial charge on any atom is -0.488 e. The van der Waals surface area contributed by atoms with Gasteiger partial charge in [0.25, 0.3) is 0 Å². The summed E-state index contributed by atoms with van der Waals surface area (Å²) in [5.74, 6) is 0.980. The number of hydrogen-bond acceptors (Lipinski definition) is 2. The monoisotopic (exact) mass is 322 g/mol. The molecule has 3 aromatic rings. The maximum Gasteiger partial charge on any atom is 0.129 e. The molecule has 0 aliphatic heterocycles. The van der Waals surface area contributed by atoms with Gasteiger partial charge in [-0.05, 0) is 50.2 Å². The Kier molecular flexibility index (Phi) is 4.91. The summed E-state index contributed by atoms with van der Waals surface area (Å²) in [4.78, 5) is 2.22. The van der Waals surface area contributed by atoms with E-state index in [-0.39, 0.29) is 0 Å². The highest BCUT2D eigenvalue weighted by Crippen LogP contribution is 2.33. The first kappa shape index (κ1) is 16.6. The summed E-state index contributed by atoms with van der Waals surface area (Å²) in [5.41, 5.74) is 5.11. The Hall–Kier alpha value is -2.26. The summed E-state index contributed by atoms with van der Waals surface area (Å²) in [6.07, 6.45) is 3.27. The number of rotatable bonds is 6. The highest BCUT2D eigenvalue weighted by atomic mass is 16.5. The van der Waals surface area contributed by atoms with E-state index >= 15 is 0 Å². The van der Waals surface area contributed by atoms with Gasteiger partial charge in [-0.2, -0.15) is 0 Å². The second-order valence-electron chi connectivity index (χ2n) is 6.70. The second kappa shape index (κ2) is 7.10. The summed E-state index contributed by atoms with van der Waals surface area (Å²) in [5, 5.41) is 1.26. The highest BCUT2D eigenvalue weighted by Gasteiger charge is 2.14. The quantitative estimate of drug-likeness (QED) is 0.678. The van der Waals surface area contributed by atoms with Crippen LogP contribution in [-0.2, 0) is 20.1 Å². The van der Waals surface area contributed by atoms with Crippen molar-refractivity contribution in [1.29, 1.82) is 0 Å². The molecule has 126 valence electrons. The average molecular weight is 322 g/mol. The van der Waals surface area contributed by atoms with Gasteiger partial charge < -0.3 is 14.2 Å². The van der Waals surface area contributed by atoms with Crippen molar-refractivity contribution in [1.82, 2.24) is 9.47 Å². The van der Waals surface area contributed by atoms with Crippen LogP contribution in [0.1, 0.15) is 16.7 Å². The topological polar surface area (TPSA) is 17.4 Å². The number of hydrogen-bond donors (Lipinski definition) is 0. The molecule has 3 nitrogen and oxygen atoms in total. The Labute approximate surface area is 144 Å². The van der Waals surface area contributed by atoms with Gasteiger partial charge >= 0.3 is 0 Å². The van der Waals surface area contributed by atoms with Gasteiger partial charge in [-0.1, -0.05) is 36.4 Å². The molecule has 1 heterocycles. The normalized spacial score (nSPS) is 11.4. The fraction of sp³-hybridized carbons (Fsp3) is 0.333. The van der Waals surface area contributed by atoms with E-state index < -0.39 is 0 Å². The van der Waals surface area contributed by atoms with Gasteiger partial charge in [-0.15, -0.1) is 0 Å². The number of benzene rings is 2. The van der Waals surface area contributed by atoms with Crippen LogP contribution < -0.4 is 4.74 Å². The van der Waals surface area contributed by atoms with Crippen LogP contribution in [0.5, 0.6) is 5.75 Å². The molecule has 0 unspecified atom stereocenters. The third kappa shape index (κ3) is 3.46. The largest absolute Gasteiger partial charge is 0.488 e. The molecule has 0 aliphatic carbocycles. The minimum atomic E-state index is 0.598. The SMILES string of the molecule is Cc1ccc(OCc2ccccc2)c2c(CCN(C)C)cn(C)c12. The summed E-state index contributed by atoms with van der Waals surface area (Å²) in [6.45, 7) is 3.80. The molecule has 0 saturated carbocycles. The van der Waals surface area contributed by atoms with Crippen LogP contribution in [0.25, 0.3) is 10.9 Å². The van der Waals surface area contributed by atoms with Crippen molar-refractivity contribution < 1.29 is 4.74 Å². The lowest BCUT2D eigenvalue weighted by Crippen LogP contribution is -2.14. The maximum atomic E-state index is 6.19. The van der Waals surface area contributed by atoms with Crippen molar-refractivity contribution in [3.8, 4) is 5.75 Å². The van der Waals surface area contributed by atoms with Crippen molar-refractivity contribution in [2.24, 2.45) is 7.05 Å². The zero-order valence-corrected chi connectivity index (χ0v) is 15.0. The Morgan fingerprint density at radius 1 is 1.04 bits per heavy atom. The van der Waals surface area contributed by atoms with Gasteiger partial charge in [0.1, 0.15) is 12.4 Å².